The number of aryl methyl sites for hydroxylation is 1. The normalized spacial score (nSPS) is 12.0. The van der Waals surface area contributed by atoms with Crippen LogP contribution in [0.4, 0.5) is 5.69 Å². The molecule has 0 aliphatic rings. The van der Waals surface area contributed by atoms with Gasteiger partial charge in [0.1, 0.15) is 5.75 Å². The first-order chi connectivity index (χ1) is 9.11. The second-order valence-electron chi connectivity index (χ2n) is 4.57. The smallest absolute Gasteiger partial charge is 0.135 e. The zero-order valence-corrected chi connectivity index (χ0v) is 13.0. The SMILES string of the molecule is COc1cc(NC(C)c2ccccc2C)ccc1Br. The van der Waals surface area contributed by atoms with Gasteiger partial charge in [0.2, 0.25) is 0 Å². The monoisotopic (exact) mass is 319 g/mol. The van der Waals surface area contributed by atoms with Crippen LogP contribution in [-0.4, -0.2) is 7.11 Å². The summed E-state index contributed by atoms with van der Waals surface area (Å²) in [5.74, 6) is 0.835. The first-order valence-corrected chi connectivity index (χ1v) is 7.06. The van der Waals surface area contributed by atoms with E-state index in [1.807, 2.05) is 18.2 Å². The van der Waals surface area contributed by atoms with Gasteiger partial charge < -0.3 is 10.1 Å². The second-order valence-corrected chi connectivity index (χ2v) is 5.43. The van der Waals surface area contributed by atoms with E-state index in [2.05, 4.69) is 59.4 Å². The van der Waals surface area contributed by atoms with E-state index in [1.54, 1.807) is 7.11 Å². The maximum absolute atomic E-state index is 5.31. The standard InChI is InChI=1S/C16H18BrNO/c1-11-6-4-5-7-14(11)12(2)18-13-8-9-15(17)16(10-13)19-3/h4-10,12,18H,1-3H3. The van der Waals surface area contributed by atoms with Crippen molar-refractivity contribution < 1.29 is 4.74 Å². The Hall–Kier alpha value is -1.48. The van der Waals surface area contributed by atoms with Crippen LogP contribution in [0.2, 0.25) is 0 Å². The van der Waals surface area contributed by atoms with Crippen molar-refractivity contribution in [2.45, 2.75) is 19.9 Å². The molecule has 1 atom stereocenters. The first kappa shape index (κ1) is 13.9. The lowest BCUT2D eigenvalue weighted by Gasteiger charge is -2.18. The lowest BCUT2D eigenvalue weighted by Crippen LogP contribution is -2.08. The summed E-state index contributed by atoms with van der Waals surface area (Å²) in [6.45, 7) is 4.30. The lowest BCUT2D eigenvalue weighted by atomic mass is 10.0. The maximum atomic E-state index is 5.31. The number of methoxy groups -OCH3 is 1. The van der Waals surface area contributed by atoms with E-state index in [4.69, 9.17) is 4.74 Å². The Kier molecular flexibility index (Phi) is 4.48. The van der Waals surface area contributed by atoms with Crippen LogP contribution in [0.1, 0.15) is 24.1 Å². The predicted molar refractivity (Wildman–Crippen MR) is 83.9 cm³/mol. The van der Waals surface area contributed by atoms with Crippen LogP contribution >= 0.6 is 15.9 Å². The number of hydrogen-bond donors (Lipinski definition) is 1. The molecule has 0 aliphatic heterocycles. The van der Waals surface area contributed by atoms with Gasteiger partial charge in [0, 0.05) is 17.8 Å². The van der Waals surface area contributed by atoms with Crippen LogP contribution in [0.3, 0.4) is 0 Å². The summed E-state index contributed by atoms with van der Waals surface area (Å²) in [4.78, 5) is 0. The molecule has 2 nitrogen and oxygen atoms in total. The highest BCUT2D eigenvalue weighted by Crippen LogP contribution is 2.30. The third-order valence-electron chi connectivity index (χ3n) is 3.19. The fourth-order valence-electron chi connectivity index (χ4n) is 2.15. The molecule has 1 N–H and O–H groups in total. The van der Waals surface area contributed by atoms with E-state index < -0.39 is 0 Å². The number of halogens is 1. The van der Waals surface area contributed by atoms with Crippen molar-refractivity contribution >= 4 is 21.6 Å². The summed E-state index contributed by atoms with van der Waals surface area (Å²) in [6, 6.07) is 14.7. The molecule has 0 radical (unpaired) electrons. The molecule has 0 saturated carbocycles. The average Bonchev–Trinajstić information content (AvgIpc) is 2.41. The molecule has 19 heavy (non-hydrogen) atoms. The Bertz CT molecular complexity index is 568. The quantitative estimate of drug-likeness (QED) is 0.861. The van der Waals surface area contributed by atoms with Crippen LogP contribution in [-0.2, 0) is 0 Å². The molecule has 0 heterocycles. The van der Waals surface area contributed by atoms with Crippen LogP contribution in [0.25, 0.3) is 0 Å². The molecule has 0 aromatic heterocycles. The minimum atomic E-state index is 0.257. The minimum Gasteiger partial charge on any atom is -0.495 e. The Morgan fingerprint density at radius 2 is 1.89 bits per heavy atom. The lowest BCUT2D eigenvalue weighted by molar-refractivity contribution is 0.412. The highest BCUT2D eigenvalue weighted by molar-refractivity contribution is 9.10. The van der Waals surface area contributed by atoms with Gasteiger partial charge in [-0.1, -0.05) is 24.3 Å². The van der Waals surface area contributed by atoms with Gasteiger partial charge in [-0.25, -0.2) is 0 Å². The van der Waals surface area contributed by atoms with Crippen molar-refractivity contribution in [3.63, 3.8) is 0 Å². The van der Waals surface area contributed by atoms with Crippen molar-refractivity contribution in [3.8, 4) is 5.75 Å². The Balaban J connectivity index is 2.19. The van der Waals surface area contributed by atoms with E-state index in [0.29, 0.717) is 0 Å². The molecular formula is C16H18BrNO. The Labute approximate surface area is 122 Å². The number of anilines is 1. The number of rotatable bonds is 4. The summed E-state index contributed by atoms with van der Waals surface area (Å²) in [5.41, 5.74) is 3.66. The maximum Gasteiger partial charge on any atom is 0.135 e. The zero-order chi connectivity index (χ0) is 13.8. The molecule has 0 amide bonds. The molecule has 2 aromatic rings. The molecule has 0 saturated heterocycles. The topological polar surface area (TPSA) is 21.3 Å². The molecule has 0 fully saturated rings. The van der Waals surface area contributed by atoms with Crippen molar-refractivity contribution in [2.24, 2.45) is 0 Å². The summed E-state index contributed by atoms with van der Waals surface area (Å²) >= 11 is 3.46. The van der Waals surface area contributed by atoms with Gasteiger partial charge in [-0.2, -0.15) is 0 Å². The van der Waals surface area contributed by atoms with Gasteiger partial charge in [0.05, 0.1) is 11.6 Å². The summed E-state index contributed by atoms with van der Waals surface area (Å²) in [7, 11) is 1.68. The molecule has 0 aliphatic carbocycles. The van der Waals surface area contributed by atoms with Gasteiger partial charge >= 0.3 is 0 Å². The van der Waals surface area contributed by atoms with E-state index in [0.717, 1.165) is 15.9 Å². The van der Waals surface area contributed by atoms with Crippen LogP contribution < -0.4 is 10.1 Å². The van der Waals surface area contributed by atoms with Crippen molar-refractivity contribution in [1.29, 1.82) is 0 Å². The van der Waals surface area contributed by atoms with E-state index in [9.17, 15) is 0 Å². The molecule has 100 valence electrons. The Morgan fingerprint density at radius 3 is 2.58 bits per heavy atom. The molecule has 3 heteroatoms. The minimum absolute atomic E-state index is 0.257. The largest absolute Gasteiger partial charge is 0.495 e. The molecule has 2 aromatic carbocycles. The molecule has 2 rings (SSSR count). The van der Waals surface area contributed by atoms with Gasteiger partial charge in [0.15, 0.2) is 0 Å². The summed E-state index contributed by atoms with van der Waals surface area (Å²) in [5, 5.41) is 3.50. The van der Waals surface area contributed by atoms with Crippen molar-refractivity contribution in [2.75, 3.05) is 12.4 Å². The van der Waals surface area contributed by atoms with E-state index >= 15 is 0 Å². The number of ether oxygens (including phenoxy) is 1. The zero-order valence-electron chi connectivity index (χ0n) is 11.4. The van der Waals surface area contributed by atoms with Crippen LogP contribution in [0, 0.1) is 6.92 Å². The predicted octanol–water partition coefficient (Wildman–Crippen LogP) is 4.94. The summed E-state index contributed by atoms with van der Waals surface area (Å²) in [6.07, 6.45) is 0. The number of benzene rings is 2. The van der Waals surface area contributed by atoms with Crippen molar-refractivity contribution in [3.05, 3.63) is 58.1 Å². The van der Waals surface area contributed by atoms with Gasteiger partial charge in [-0.05, 0) is 53.0 Å². The highest BCUT2D eigenvalue weighted by atomic mass is 79.9. The fourth-order valence-corrected chi connectivity index (χ4v) is 2.56. The first-order valence-electron chi connectivity index (χ1n) is 6.27. The third kappa shape index (κ3) is 3.29. The van der Waals surface area contributed by atoms with Gasteiger partial charge in [-0.3, -0.25) is 0 Å². The highest BCUT2D eigenvalue weighted by Gasteiger charge is 2.09. The van der Waals surface area contributed by atoms with E-state index in [-0.39, 0.29) is 6.04 Å². The summed E-state index contributed by atoms with van der Waals surface area (Å²) < 4.78 is 6.27. The Morgan fingerprint density at radius 1 is 1.16 bits per heavy atom. The van der Waals surface area contributed by atoms with E-state index in [1.165, 1.54) is 11.1 Å². The van der Waals surface area contributed by atoms with Crippen LogP contribution in [0.5, 0.6) is 5.75 Å². The second kappa shape index (κ2) is 6.11. The number of hydrogen-bond acceptors (Lipinski definition) is 2. The average molecular weight is 320 g/mol. The molecule has 1 unspecified atom stereocenters. The number of nitrogens with one attached hydrogen (secondary N) is 1. The molecule has 0 spiro atoms. The van der Waals surface area contributed by atoms with Gasteiger partial charge in [-0.15, -0.1) is 0 Å². The third-order valence-corrected chi connectivity index (χ3v) is 3.84. The van der Waals surface area contributed by atoms with Crippen LogP contribution in [0.15, 0.2) is 46.9 Å². The van der Waals surface area contributed by atoms with Crippen molar-refractivity contribution in [1.82, 2.24) is 0 Å². The fraction of sp³-hybridized carbons (Fsp3) is 0.250. The molecular weight excluding hydrogens is 302 g/mol. The molecule has 0 bridgehead atoms. The van der Waals surface area contributed by atoms with Gasteiger partial charge in [0.25, 0.3) is 0 Å².